The van der Waals surface area contributed by atoms with Crippen LogP contribution in [0.5, 0.6) is 0 Å². The molecule has 1 aromatic rings. The highest BCUT2D eigenvalue weighted by Gasteiger charge is 2.03. The van der Waals surface area contributed by atoms with E-state index < -0.39 is 0 Å². The summed E-state index contributed by atoms with van der Waals surface area (Å²) >= 11 is 8.76. The van der Waals surface area contributed by atoms with Gasteiger partial charge in [-0.1, -0.05) is 6.07 Å². The lowest BCUT2D eigenvalue weighted by molar-refractivity contribution is 0.347. The van der Waals surface area contributed by atoms with Gasteiger partial charge in [0.2, 0.25) is 0 Å². The number of hydrogen-bond donors (Lipinski definition) is 0. The van der Waals surface area contributed by atoms with Crippen molar-refractivity contribution < 1.29 is 4.39 Å². The molecule has 1 aromatic carbocycles. The lowest BCUT2D eigenvalue weighted by Crippen LogP contribution is -2.19. The first-order chi connectivity index (χ1) is 6.63. The van der Waals surface area contributed by atoms with Crippen molar-refractivity contribution >= 4 is 27.5 Å². The molecule has 0 saturated carbocycles. The molecular weight excluding hydrogens is 268 g/mol. The van der Waals surface area contributed by atoms with Crippen LogP contribution >= 0.6 is 27.5 Å². The number of halogens is 3. The molecule has 1 nitrogen and oxygen atoms in total. The zero-order valence-electron chi connectivity index (χ0n) is 7.93. The van der Waals surface area contributed by atoms with Gasteiger partial charge in [-0.15, -0.1) is 11.6 Å². The quantitative estimate of drug-likeness (QED) is 0.765. The van der Waals surface area contributed by atoms with E-state index in [0.29, 0.717) is 10.4 Å². The fourth-order valence-electron chi connectivity index (χ4n) is 1.17. The zero-order valence-corrected chi connectivity index (χ0v) is 10.3. The lowest BCUT2D eigenvalue weighted by atomic mass is 10.2. The molecule has 0 aliphatic heterocycles. The summed E-state index contributed by atoms with van der Waals surface area (Å²) in [5.74, 6) is 0.382. The van der Waals surface area contributed by atoms with Gasteiger partial charge in [0.25, 0.3) is 0 Å². The van der Waals surface area contributed by atoms with E-state index in [-0.39, 0.29) is 5.82 Å². The Bertz CT molecular complexity index is 306. The maximum Gasteiger partial charge on any atom is 0.137 e. The Morgan fingerprint density at radius 1 is 1.50 bits per heavy atom. The second-order valence-electron chi connectivity index (χ2n) is 3.18. The van der Waals surface area contributed by atoms with Gasteiger partial charge in [-0.3, -0.25) is 0 Å². The fraction of sp³-hybridized carbons (Fsp3) is 0.400. The monoisotopic (exact) mass is 279 g/mol. The average Bonchev–Trinajstić information content (AvgIpc) is 2.12. The summed E-state index contributed by atoms with van der Waals surface area (Å²) < 4.78 is 13.4. The first kappa shape index (κ1) is 12.0. The van der Waals surface area contributed by atoms with Gasteiger partial charge in [0.1, 0.15) is 5.82 Å². The molecule has 4 heteroatoms. The van der Waals surface area contributed by atoms with E-state index in [9.17, 15) is 4.39 Å². The molecule has 0 unspecified atom stereocenters. The normalized spacial score (nSPS) is 10.9. The van der Waals surface area contributed by atoms with Crippen molar-refractivity contribution in [2.24, 2.45) is 0 Å². The van der Waals surface area contributed by atoms with Gasteiger partial charge < -0.3 is 4.90 Å². The Labute approximate surface area is 97.0 Å². The van der Waals surface area contributed by atoms with Crippen LogP contribution in [0.3, 0.4) is 0 Å². The minimum atomic E-state index is -0.228. The Morgan fingerprint density at radius 3 is 2.79 bits per heavy atom. The van der Waals surface area contributed by atoms with E-state index in [0.717, 1.165) is 18.7 Å². The van der Waals surface area contributed by atoms with E-state index in [2.05, 4.69) is 20.8 Å². The highest BCUT2D eigenvalue weighted by molar-refractivity contribution is 9.10. The number of rotatable bonds is 4. The van der Waals surface area contributed by atoms with E-state index in [1.54, 1.807) is 12.1 Å². The van der Waals surface area contributed by atoms with Crippen LogP contribution < -0.4 is 0 Å². The average molecular weight is 281 g/mol. The third-order valence-corrected chi connectivity index (χ3v) is 2.68. The SMILES string of the molecule is CN(CCCl)Cc1ccc(F)c(Br)c1. The van der Waals surface area contributed by atoms with E-state index in [1.807, 2.05) is 7.05 Å². The summed E-state index contributed by atoms with van der Waals surface area (Å²) in [6, 6.07) is 5.04. The fourth-order valence-corrected chi connectivity index (χ4v) is 1.89. The predicted octanol–water partition coefficient (Wildman–Crippen LogP) is 3.26. The Balaban J connectivity index is 2.63. The van der Waals surface area contributed by atoms with Crippen molar-refractivity contribution in [2.45, 2.75) is 6.54 Å². The summed E-state index contributed by atoms with van der Waals surface area (Å²) in [5.41, 5.74) is 1.07. The number of nitrogens with zero attached hydrogens (tertiary/aromatic N) is 1. The van der Waals surface area contributed by atoms with Gasteiger partial charge in [0, 0.05) is 19.0 Å². The van der Waals surface area contributed by atoms with Crippen molar-refractivity contribution in [2.75, 3.05) is 19.5 Å². The van der Waals surface area contributed by atoms with Crippen molar-refractivity contribution in [3.63, 3.8) is 0 Å². The van der Waals surface area contributed by atoms with E-state index in [4.69, 9.17) is 11.6 Å². The van der Waals surface area contributed by atoms with Crippen LogP contribution in [0, 0.1) is 5.82 Å². The highest BCUT2D eigenvalue weighted by Crippen LogP contribution is 2.17. The molecule has 0 spiro atoms. The predicted molar refractivity (Wildman–Crippen MR) is 61.2 cm³/mol. The van der Waals surface area contributed by atoms with Crippen molar-refractivity contribution in [3.05, 3.63) is 34.1 Å². The van der Waals surface area contributed by atoms with Gasteiger partial charge in [-0.25, -0.2) is 4.39 Å². The highest BCUT2D eigenvalue weighted by atomic mass is 79.9. The third-order valence-electron chi connectivity index (χ3n) is 1.90. The van der Waals surface area contributed by atoms with Gasteiger partial charge in [-0.05, 0) is 40.7 Å². The van der Waals surface area contributed by atoms with Crippen molar-refractivity contribution in [1.29, 1.82) is 0 Å². The molecule has 1 rings (SSSR count). The van der Waals surface area contributed by atoms with Crippen LogP contribution in [0.4, 0.5) is 4.39 Å². The van der Waals surface area contributed by atoms with Gasteiger partial charge in [-0.2, -0.15) is 0 Å². The maximum atomic E-state index is 12.9. The molecule has 0 aromatic heterocycles. The Hall–Kier alpha value is -0.120. The largest absolute Gasteiger partial charge is 0.301 e. The van der Waals surface area contributed by atoms with Crippen molar-refractivity contribution in [1.82, 2.24) is 4.90 Å². The van der Waals surface area contributed by atoms with Crippen LogP contribution in [0.15, 0.2) is 22.7 Å². The van der Waals surface area contributed by atoms with Crippen LogP contribution in [0.25, 0.3) is 0 Å². The molecule has 14 heavy (non-hydrogen) atoms. The summed E-state index contributed by atoms with van der Waals surface area (Å²) in [5, 5.41) is 0. The summed E-state index contributed by atoms with van der Waals surface area (Å²) in [7, 11) is 1.99. The minimum Gasteiger partial charge on any atom is -0.301 e. The molecular formula is C10H12BrClFN. The molecule has 0 saturated heterocycles. The zero-order chi connectivity index (χ0) is 10.6. The second-order valence-corrected chi connectivity index (χ2v) is 4.41. The topological polar surface area (TPSA) is 3.24 Å². The number of benzene rings is 1. The van der Waals surface area contributed by atoms with Gasteiger partial charge >= 0.3 is 0 Å². The Morgan fingerprint density at radius 2 is 2.21 bits per heavy atom. The maximum absolute atomic E-state index is 12.9. The minimum absolute atomic E-state index is 0.228. The summed E-state index contributed by atoms with van der Waals surface area (Å²) in [6.45, 7) is 1.61. The first-order valence-corrected chi connectivity index (χ1v) is 5.64. The molecule has 0 fully saturated rings. The molecule has 0 N–H and O–H groups in total. The molecule has 0 aliphatic carbocycles. The first-order valence-electron chi connectivity index (χ1n) is 4.32. The van der Waals surface area contributed by atoms with E-state index >= 15 is 0 Å². The van der Waals surface area contributed by atoms with Crippen LogP contribution in [-0.4, -0.2) is 24.4 Å². The number of alkyl halides is 1. The summed E-state index contributed by atoms with van der Waals surface area (Å²) in [4.78, 5) is 2.09. The molecule has 0 bridgehead atoms. The molecule has 0 aliphatic rings. The third kappa shape index (κ3) is 3.56. The van der Waals surface area contributed by atoms with Crippen LogP contribution in [0.1, 0.15) is 5.56 Å². The van der Waals surface area contributed by atoms with Crippen molar-refractivity contribution in [3.8, 4) is 0 Å². The molecule has 0 atom stereocenters. The van der Waals surface area contributed by atoms with E-state index in [1.165, 1.54) is 6.07 Å². The molecule has 78 valence electrons. The smallest absolute Gasteiger partial charge is 0.137 e. The summed E-state index contributed by atoms with van der Waals surface area (Å²) in [6.07, 6.45) is 0. The number of hydrogen-bond acceptors (Lipinski definition) is 1. The lowest BCUT2D eigenvalue weighted by Gasteiger charge is -2.14. The Kier molecular flexibility index (Phi) is 4.85. The van der Waals surface area contributed by atoms with Crippen LogP contribution in [-0.2, 0) is 6.54 Å². The molecule has 0 heterocycles. The standard InChI is InChI=1S/C10H12BrClFN/c1-14(5-4-12)7-8-2-3-10(13)9(11)6-8/h2-3,6H,4-5,7H2,1H3. The van der Waals surface area contributed by atoms with Gasteiger partial charge in [0.05, 0.1) is 4.47 Å². The second kappa shape index (κ2) is 5.69. The molecule has 0 radical (unpaired) electrons. The van der Waals surface area contributed by atoms with Gasteiger partial charge in [0.15, 0.2) is 0 Å². The van der Waals surface area contributed by atoms with Crippen LogP contribution in [0.2, 0.25) is 0 Å². The molecule has 0 amide bonds.